The highest BCUT2D eigenvalue weighted by Gasteiger charge is 2.26. The van der Waals surface area contributed by atoms with E-state index in [4.69, 9.17) is 11.6 Å². The van der Waals surface area contributed by atoms with Gasteiger partial charge in [0.05, 0.1) is 11.4 Å². The summed E-state index contributed by atoms with van der Waals surface area (Å²) >= 11 is 7.94. The van der Waals surface area contributed by atoms with Crippen LogP contribution in [-0.2, 0) is 10.0 Å². The van der Waals surface area contributed by atoms with E-state index in [0.29, 0.717) is 10.0 Å². The first-order valence-electron chi connectivity index (χ1n) is 5.77. The van der Waals surface area contributed by atoms with Crippen molar-refractivity contribution >= 4 is 61.7 Å². The van der Waals surface area contributed by atoms with Gasteiger partial charge < -0.3 is 15.7 Å². The predicted molar refractivity (Wildman–Crippen MR) is 88.8 cm³/mol. The molecule has 7 nitrogen and oxygen atoms in total. The highest BCUT2D eigenvalue weighted by Crippen LogP contribution is 2.38. The van der Waals surface area contributed by atoms with Crippen LogP contribution in [0, 0.1) is 0 Å². The fourth-order valence-electron chi connectivity index (χ4n) is 1.43. The Bertz CT molecular complexity index is 797. The number of rotatable bonds is 4. The number of carbonyl (C=O) groups excluding carboxylic acids is 1. The van der Waals surface area contributed by atoms with Crippen molar-refractivity contribution in [1.82, 2.24) is 4.31 Å². The summed E-state index contributed by atoms with van der Waals surface area (Å²) in [6.07, 6.45) is 0. The highest BCUT2D eigenvalue weighted by atomic mass is 35.5. The van der Waals surface area contributed by atoms with Gasteiger partial charge in [0.1, 0.15) is 4.34 Å². The number of nitrogens with one attached hydrogen (secondary N) is 2. The van der Waals surface area contributed by atoms with Gasteiger partial charge in [-0.3, -0.25) is 0 Å². The van der Waals surface area contributed by atoms with Gasteiger partial charge >= 0.3 is 6.03 Å². The van der Waals surface area contributed by atoms with Crippen LogP contribution >= 0.6 is 34.3 Å². The van der Waals surface area contributed by atoms with Crippen molar-refractivity contribution in [3.8, 4) is 5.75 Å². The molecule has 0 saturated heterocycles. The Morgan fingerprint density at radius 1 is 1.27 bits per heavy atom. The first-order valence-corrected chi connectivity index (χ1v) is 9.35. The van der Waals surface area contributed by atoms with E-state index in [0.717, 1.165) is 15.6 Å². The standard InChI is InChI=1S/C11H12ClN3O4S3/c1-15(2)22(18,19)10-8(16)7(5-21-10)14-11(17)13-6-3-4-20-9(6)12/h3-5,16H,1-2H3,(H2,13,14,17). The molecule has 0 aliphatic heterocycles. The minimum Gasteiger partial charge on any atom is -0.504 e. The summed E-state index contributed by atoms with van der Waals surface area (Å²) in [5.74, 6) is -0.495. The number of hydrogen-bond acceptors (Lipinski definition) is 6. The Morgan fingerprint density at radius 3 is 2.45 bits per heavy atom. The maximum absolute atomic E-state index is 12.0. The Balaban J connectivity index is 2.17. The van der Waals surface area contributed by atoms with E-state index in [1.807, 2.05) is 0 Å². The number of nitrogens with zero attached hydrogens (tertiary/aromatic N) is 1. The van der Waals surface area contributed by atoms with Crippen LogP contribution in [0.2, 0.25) is 4.34 Å². The highest BCUT2D eigenvalue weighted by molar-refractivity contribution is 7.91. The second-order valence-corrected chi connectivity index (χ2v) is 9.00. The van der Waals surface area contributed by atoms with Gasteiger partial charge in [0.15, 0.2) is 9.96 Å². The van der Waals surface area contributed by atoms with Crippen molar-refractivity contribution < 1.29 is 18.3 Å². The predicted octanol–water partition coefficient (Wildman–Crippen LogP) is 3.06. The monoisotopic (exact) mass is 381 g/mol. The Labute approximate surface area is 140 Å². The van der Waals surface area contributed by atoms with Crippen LogP contribution in [0.4, 0.5) is 16.2 Å². The third kappa shape index (κ3) is 3.36. The molecule has 0 aliphatic rings. The number of aromatic hydroxyl groups is 1. The molecule has 11 heteroatoms. The molecule has 0 unspecified atom stereocenters. The lowest BCUT2D eigenvalue weighted by molar-refractivity contribution is 0.262. The lowest BCUT2D eigenvalue weighted by Crippen LogP contribution is -2.21. The molecule has 0 atom stereocenters. The van der Waals surface area contributed by atoms with E-state index in [1.165, 1.54) is 30.8 Å². The summed E-state index contributed by atoms with van der Waals surface area (Å²) in [5.41, 5.74) is 0.439. The van der Waals surface area contributed by atoms with Gasteiger partial charge in [0.25, 0.3) is 10.0 Å². The van der Waals surface area contributed by atoms with Crippen LogP contribution in [0.15, 0.2) is 21.0 Å². The number of hydrogen-bond donors (Lipinski definition) is 3. The summed E-state index contributed by atoms with van der Waals surface area (Å²) in [6.45, 7) is 0. The molecule has 0 fully saturated rings. The maximum atomic E-state index is 12.0. The van der Waals surface area contributed by atoms with Gasteiger partial charge in [-0.05, 0) is 11.4 Å². The number of thiophene rings is 2. The lowest BCUT2D eigenvalue weighted by atomic mass is 10.5. The maximum Gasteiger partial charge on any atom is 0.323 e. The molecule has 0 radical (unpaired) electrons. The van der Waals surface area contributed by atoms with E-state index in [-0.39, 0.29) is 9.90 Å². The number of anilines is 2. The van der Waals surface area contributed by atoms with E-state index in [9.17, 15) is 18.3 Å². The summed E-state index contributed by atoms with van der Waals surface area (Å²) in [7, 11) is -1.06. The van der Waals surface area contributed by atoms with Crippen molar-refractivity contribution in [2.45, 2.75) is 4.21 Å². The van der Waals surface area contributed by atoms with E-state index < -0.39 is 21.8 Å². The van der Waals surface area contributed by atoms with Gasteiger partial charge in [-0.15, -0.1) is 22.7 Å². The number of halogens is 1. The van der Waals surface area contributed by atoms with Crippen molar-refractivity contribution in [3.63, 3.8) is 0 Å². The summed E-state index contributed by atoms with van der Waals surface area (Å²) in [4.78, 5) is 11.8. The van der Waals surface area contributed by atoms with Gasteiger partial charge in [-0.25, -0.2) is 17.5 Å². The van der Waals surface area contributed by atoms with Gasteiger partial charge in [0.2, 0.25) is 0 Å². The molecule has 2 amide bonds. The molecule has 2 aromatic rings. The molecule has 2 heterocycles. The summed E-state index contributed by atoms with van der Waals surface area (Å²) in [5, 5.41) is 17.9. The van der Waals surface area contributed by atoms with Gasteiger partial charge in [-0.2, -0.15) is 0 Å². The Morgan fingerprint density at radius 2 is 1.91 bits per heavy atom. The summed E-state index contributed by atoms with van der Waals surface area (Å²) in [6, 6.07) is 0.990. The molecule has 2 rings (SSSR count). The number of sulfonamides is 1. The first-order chi connectivity index (χ1) is 10.2. The van der Waals surface area contributed by atoms with Crippen LogP contribution in [0.25, 0.3) is 0 Å². The molecule has 0 saturated carbocycles. The molecule has 22 heavy (non-hydrogen) atoms. The zero-order valence-electron chi connectivity index (χ0n) is 11.5. The molecular formula is C11H12ClN3O4S3. The molecule has 2 aromatic heterocycles. The smallest absolute Gasteiger partial charge is 0.323 e. The lowest BCUT2D eigenvalue weighted by Gasteiger charge is -2.10. The zero-order chi connectivity index (χ0) is 16.5. The van der Waals surface area contributed by atoms with Crippen molar-refractivity contribution in [1.29, 1.82) is 0 Å². The van der Waals surface area contributed by atoms with E-state index in [1.54, 1.807) is 11.4 Å². The second kappa shape index (κ2) is 6.42. The number of carbonyl (C=O) groups is 1. The molecule has 0 aromatic carbocycles. The van der Waals surface area contributed by atoms with Crippen LogP contribution in [0.3, 0.4) is 0 Å². The fraction of sp³-hybridized carbons (Fsp3) is 0.182. The molecule has 0 spiro atoms. The fourth-order valence-corrected chi connectivity index (χ4v) is 4.64. The minimum absolute atomic E-state index is 0.00859. The first kappa shape index (κ1) is 17.0. The van der Waals surface area contributed by atoms with Gasteiger partial charge in [-0.1, -0.05) is 11.6 Å². The quantitative estimate of drug-likeness (QED) is 0.757. The van der Waals surface area contributed by atoms with E-state index in [2.05, 4.69) is 10.6 Å². The van der Waals surface area contributed by atoms with Crippen LogP contribution in [0.5, 0.6) is 5.75 Å². The minimum atomic E-state index is -3.77. The average molecular weight is 382 g/mol. The number of urea groups is 1. The van der Waals surface area contributed by atoms with Crippen molar-refractivity contribution in [3.05, 3.63) is 21.2 Å². The molecule has 3 N–H and O–H groups in total. The normalized spacial score (nSPS) is 11.6. The SMILES string of the molecule is CN(C)S(=O)(=O)c1scc(NC(=O)Nc2ccsc2Cl)c1O. The summed E-state index contributed by atoms with van der Waals surface area (Å²) < 4.78 is 25.1. The third-order valence-electron chi connectivity index (χ3n) is 2.56. The zero-order valence-corrected chi connectivity index (χ0v) is 14.7. The topological polar surface area (TPSA) is 98.7 Å². The average Bonchev–Trinajstić information content (AvgIpc) is 2.98. The molecule has 0 aliphatic carbocycles. The molecule has 120 valence electrons. The van der Waals surface area contributed by atoms with Crippen molar-refractivity contribution in [2.24, 2.45) is 0 Å². The van der Waals surface area contributed by atoms with Gasteiger partial charge in [0, 0.05) is 19.5 Å². The largest absolute Gasteiger partial charge is 0.504 e. The van der Waals surface area contributed by atoms with Crippen LogP contribution in [0.1, 0.15) is 0 Å². The number of amides is 2. The second-order valence-electron chi connectivity index (χ2n) is 4.26. The third-order valence-corrected chi connectivity index (χ3v) is 7.04. The van der Waals surface area contributed by atoms with Crippen LogP contribution < -0.4 is 10.6 Å². The molecular weight excluding hydrogens is 370 g/mol. The molecule has 0 bridgehead atoms. The van der Waals surface area contributed by atoms with Crippen molar-refractivity contribution in [2.75, 3.05) is 24.7 Å². The van der Waals surface area contributed by atoms with Crippen LogP contribution in [-0.4, -0.2) is 38.0 Å². The Kier molecular flexibility index (Phi) is 4.97. The Hall–Kier alpha value is -1.33. The van der Waals surface area contributed by atoms with E-state index >= 15 is 0 Å².